The van der Waals surface area contributed by atoms with E-state index in [9.17, 15) is 0 Å². The van der Waals surface area contributed by atoms with Crippen LogP contribution >= 0.6 is 0 Å². The number of fused-ring (bicyclic) bond motifs is 6. The number of hydrogen-bond acceptors (Lipinski definition) is 4. The molecule has 0 saturated heterocycles. The van der Waals surface area contributed by atoms with Crippen molar-refractivity contribution in [1.29, 1.82) is 0 Å². The van der Waals surface area contributed by atoms with E-state index in [1.54, 1.807) is 6.20 Å². The van der Waals surface area contributed by atoms with Crippen molar-refractivity contribution in [3.63, 3.8) is 0 Å². The van der Waals surface area contributed by atoms with E-state index in [2.05, 4.69) is 29.2 Å². The van der Waals surface area contributed by atoms with Gasteiger partial charge < -0.3 is 8.83 Å². The van der Waals surface area contributed by atoms with Crippen LogP contribution in [0.1, 0.15) is 0 Å². The number of nitrogens with zero attached hydrogens (tertiary/aromatic N) is 2. The highest BCUT2D eigenvalue weighted by molar-refractivity contribution is 6.21. The second-order valence-electron chi connectivity index (χ2n) is 7.85. The molecule has 0 aliphatic rings. The van der Waals surface area contributed by atoms with Gasteiger partial charge in [-0.2, -0.15) is 0 Å². The number of pyridine rings is 2. The van der Waals surface area contributed by atoms with Gasteiger partial charge in [0.15, 0.2) is 0 Å². The van der Waals surface area contributed by atoms with Crippen molar-refractivity contribution in [2.75, 3.05) is 0 Å². The summed E-state index contributed by atoms with van der Waals surface area (Å²) in [5.41, 5.74) is 6.87. The van der Waals surface area contributed by atoms with Gasteiger partial charge in [-0.15, -0.1) is 0 Å². The normalized spacial score (nSPS) is 11.8. The van der Waals surface area contributed by atoms with Crippen molar-refractivity contribution in [2.45, 2.75) is 0 Å². The fourth-order valence-electron chi connectivity index (χ4n) is 4.51. The lowest BCUT2D eigenvalue weighted by molar-refractivity contribution is 0.658. The maximum atomic E-state index is 6.36. The van der Waals surface area contributed by atoms with Gasteiger partial charge >= 0.3 is 0 Å². The highest BCUT2D eigenvalue weighted by Gasteiger charge is 2.21. The van der Waals surface area contributed by atoms with Crippen molar-refractivity contribution < 1.29 is 8.83 Å². The first kappa shape index (κ1) is 17.3. The summed E-state index contributed by atoms with van der Waals surface area (Å²) in [6.45, 7) is 0. The lowest BCUT2D eigenvalue weighted by Gasteiger charge is -2.06. The number of furan rings is 2. The molecule has 7 aromatic rings. The largest absolute Gasteiger partial charge is 0.455 e. The molecule has 0 fully saturated rings. The molecule has 32 heavy (non-hydrogen) atoms. The molecule has 0 aliphatic carbocycles. The molecule has 3 aromatic carbocycles. The first-order valence-electron chi connectivity index (χ1n) is 10.5. The van der Waals surface area contributed by atoms with E-state index in [-0.39, 0.29) is 0 Å². The molecule has 4 aromatic heterocycles. The Balaban J connectivity index is 1.57. The van der Waals surface area contributed by atoms with Gasteiger partial charge in [0.05, 0.1) is 17.0 Å². The third-order valence-corrected chi connectivity index (χ3v) is 5.99. The predicted molar refractivity (Wildman–Crippen MR) is 127 cm³/mol. The molecule has 0 unspecified atom stereocenters. The summed E-state index contributed by atoms with van der Waals surface area (Å²) in [7, 11) is 0. The van der Waals surface area contributed by atoms with Gasteiger partial charge in [-0.1, -0.05) is 48.5 Å². The standard InChI is InChI=1S/C28H16N2O2/c1-3-10-24-18(7-1)20-15-21-19-8-2-4-11-25(19)32-28(21)26(27(20)31-24)17-12-13-23(30-16-17)22-9-5-6-14-29-22/h1-16H. The second-order valence-corrected chi connectivity index (χ2v) is 7.85. The van der Waals surface area contributed by atoms with Gasteiger partial charge in [0.1, 0.15) is 22.3 Å². The number of hydrogen-bond donors (Lipinski definition) is 0. The molecule has 0 radical (unpaired) electrons. The van der Waals surface area contributed by atoms with E-state index in [0.29, 0.717) is 0 Å². The van der Waals surface area contributed by atoms with E-state index >= 15 is 0 Å². The third-order valence-electron chi connectivity index (χ3n) is 5.99. The minimum Gasteiger partial charge on any atom is -0.455 e. The van der Waals surface area contributed by atoms with Gasteiger partial charge in [0.25, 0.3) is 0 Å². The molecule has 0 aliphatic heterocycles. The zero-order chi connectivity index (χ0) is 21.1. The first-order chi connectivity index (χ1) is 15.9. The highest BCUT2D eigenvalue weighted by Crippen LogP contribution is 2.44. The van der Waals surface area contributed by atoms with Crippen molar-refractivity contribution in [3.05, 3.63) is 97.3 Å². The van der Waals surface area contributed by atoms with Crippen LogP contribution in [-0.2, 0) is 0 Å². The van der Waals surface area contributed by atoms with Gasteiger partial charge in [0.2, 0.25) is 0 Å². The lowest BCUT2D eigenvalue weighted by Crippen LogP contribution is -1.88. The molecule has 0 N–H and O–H groups in total. The van der Waals surface area contributed by atoms with Crippen molar-refractivity contribution in [2.24, 2.45) is 0 Å². The average Bonchev–Trinajstić information content (AvgIpc) is 3.41. The van der Waals surface area contributed by atoms with Crippen LogP contribution in [0.2, 0.25) is 0 Å². The predicted octanol–water partition coefficient (Wildman–Crippen LogP) is 7.61. The zero-order valence-electron chi connectivity index (χ0n) is 16.9. The Hall–Kier alpha value is -4.44. The molecule has 4 heteroatoms. The smallest absolute Gasteiger partial charge is 0.147 e. The fourth-order valence-corrected chi connectivity index (χ4v) is 4.51. The molecule has 7 rings (SSSR count). The Kier molecular flexibility index (Phi) is 3.52. The molecule has 0 saturated carbocycles. The lowest BCUT2D eigenvalue weighted by atomic mass is 9.99. The van der Waals surface area contributed by atoms with Gasteiger partial charge in [-0.3, -0.25) is 9.97 Å². The summed E-state index contributed by atoms with van der Waals surface area (Å²) >= 11 is 0. The third kappa shape index (κ3) is 2.44. The van der Waals surface area contributed by atoms with E-state index < -0.39 is 0 Å². The monoisotopic (exact) mass is 412 g/mol. The van der Waals surface area contributed by atoms with Crippen molar-refractivity contribution in [3.8, 4) is 22.5 Å². The highest BCUT2D eigenvalue weighted by atomic mass is 16.3. The fraction of sp³-hybridized carbons (Fsp3) is 0. The van der Waals surface area contributed by atoms with E-state index in [1.165, 1.54) is 0 Å². The minimum absolute atomic E-state index is 0.810. The van der Waals surface area contributed by atoms with Crippen LogP contribution < -0.4 is 0 Å². The summed E-state index contributed by atoms with van der Waals surface area (Å²) in [5.74, 6) is 0. The van der Waals surface area contributed by atoms with Crippen LogP contribution in [-0.4, -0.2) is 9.97 Å². The average molecular weight is 412 g/mol. The van der Waals surface area contributed by atoms with Crippen LogP contribution in [0.15, 0.2) is 106 Å². The number of para-hydroxylation sites is 2. The summed E-state index contributed by atoms with van der Waals surface area (Å²) in [5, 5.41) is 4.33. The van der Waals surface area contributed by atoms with Crippen LogP contribution in [0.5, 0.6) is 0 Å². The quantitative estimate of drug-likeness (QED) is 0.293. The van der Waals surface area contributed by atoms with Crippen LogP contribution in [0.25, 0.3) is 66.4 Å². The van der Waals surface area contributed by atoms with E-state index in [1.807, 2.05) is 66.9 Å². The van der Waals surface area contributed by atoms with E-state index in [4.69, 9.17) is 13.8 Å². The minimum atomic E-state index is 0.810. The Morgan fingerprint density at radius 3 is 1.75 bits per heavy atom. The molecule has 4 heterocycles. The second kappa shape index (κ2) is 6.53. The molecule has 0 bridgehead atoms. The Labute approximate surface area is 182 Å². The Morgan fingerprint density at radius 1 is 0.531 bits per heavy atom. The van der Waals surface area contributed by atoms with E-state index in [0.717, 1.165) is 66.4 Å². The molecule has 0 amide bonds. The molecule has 4 nitrogen and oxygen atoms in total. The SMILES string of the molecule is c1ccc(-c2ccc(-c3c4oc5ccccc5c4cc4c3oc3ccccc34)cn2)nc1. The first-order valence-corrected chi connectivity index (χ1v) is 10.5. The molecular weight excluding hydrogens is 396 g/mol. The Morgan fingerprint density at radius 2 is 1.16 bits per heavy atom. The van der Waals surface area contributed by atoms with Gasteiger partial charge in [-0.05, 0) is 36.4 Å². The molecule has 0 atom stereocenters. The molecule has 150 valence electrons. The Bertz CT molecular complexity index is 1670. The maximum absolute atomic E-state index is 6.36. The number of aromatic nitrogens is 2. The van der Waals surface area contributed by atoms with Crippen LogP contribution in [0.4, 0.5) is 0 Å². The summed E-state index contributed by atoms with van der Waals surface area (Å²) in [6, 6.07) is 28.3. The van der Waals surface area contributed by atoms with Crippen molar-refractivity contribution >= 4 is 43.9 Å². The number of benzene rings is 3. The summed E-state index contributed by atoms with van der Waals surface area (Å²) in [4.78, 5) is 9.11. The van der Waals surface area contributed by atoms with Gasteiger partial charge in [-0.25, -0.2) is 0 Å². The van der Waals surface area contributed by atoms with Crippen LogP contribution in [0.3, 0.4) is 0 Å². The topological polar surface area (TPSA) is 52.1 Å². The summed E-state index contributed by atoms with van der Waals surface area (Å²) in [6.07, 6.45) is 3.65. The number of rotatable bonds is 2. The maximum Gasteiger partial charge on any atom is 0.147 e. The molecular formula is C28H16N2O2. The van der Waals surface area contributed by atoms with Crippen molar-refractivity contribution in [1.82, 2.24) is 9.97 Å². The molecule has 0 spiro atoms. The van der Waals surface area contributed by atoms with Gasteiger partial charge in [0, 0.05) is 39.5 Å². The zero-order valence-corrected chi connectivity index (χ0v) is 16.9. The van der Waals surface area contributed by atoms with Crippen LogP contribution in [0, 0.1) is 0 Å². The summed E-state index contributed by atoms with van der Waals surface area (Å²) < 4.78 is 12.7.